The molecule has 0 saturated carbocycles. The quantitative estimate of drug-likeness (QED) is 0.351. The topological polar surface area (TPSA) is 97.5 Å². The number of amides is 1. The van der Waals surface area contributed by atoms with Gasteiger partial charge < -0.3 is 24.8 Å². The molecule has 1 amide bonds. The van der Waals surface area contributed by atoms with Crippen LogP contribution in [0.15, 0.2) is 42.5 Å². The van der Waals surface area contributed by atoms with Crippen molar-refractivity contribution in [3.63, 3.8) is 0 Å². The molecule has 0 aliphatic carbocycles. The average Bonchev–Trinajstić information content (AvgIpc) is 3.23. The smallest absolute Gasteiger partial charge is 0.272 e. The summed E-state index contributed by atoms with van der Waals surface area (Å²) in [5.74, 6) is -0.157. The summed E-state index contributed by atoms with van der Waals surface area (Å²) in [5.41, 5.74) is 4.07. The highest BCUT2D eigenvalue weighted by Gasteiger charge is 2.22. The van der Waals surface area contributed by atoms with E-state index in [0.717, 1.165) is 11.1 Å². The van der Waals surface area contributed by atoms with E-state index < -0.39 is 19.6 Å². The van der Waals surface area contributed by atoms with Crippen LogP contribution in [0.5, 0.6) is 11.5 Å². The average molecular weight is 475 g/mol. The van der Waals surface area contributed by atoms with E-state index in [0.29, 0.717) is 29.8 Å². The normalized spacial score (nSPS) is 10.8. The Hall–Kier alpha value is -3.50. The van der Waals surface area contributed by atoms with Gasteiger partial charge in [0.25, 0.3) is 5.91 Å². The van der Waals surface area contributed by atoms with Crippen molar-refractivity contribution in [3.05, 3.63) is 76.1 Å². The fourth-order valence-corrected chi connectivity index (χ4v) is 3.69. The second kappa shape index (κ2) is 12.7. The van der Waals surface area contributed by atoms with E-state index in [1.165, 1.54) is 12.1 Å². The third-order valence-corrected chi connectivity index (χ3v) is 5.25. The number of carbonyl (C=O) groups is 1. The lowest BCUT2D eigenvalue weighted by Gasteiger charge is -2.15. The number of hydrogen-bond acceptors (Lipinski definition) is 6. The van der Waals surface area contributed by atoms with E-state index in [1.54, 1.807) is 13.2 Å². The first-order valence-electron chi connectivity index (χ1n) is 10.7. The molecule has 0 atom stereocenters. The predicted molar refractivity (Wildman–Crippen MR) is 122 cm³/mol. The van der Waals surface area contributed by atoms with Crippen LogP contribution in [0, 0.1) is 0 Å². The van der Waals surface area contributed by atoms with Gasteiger partial charge in [-0.3, -0.25) is 9.89 Å². The lowest BCUT2D eigenvalue weighted by molar-refractivity contribution is 0.0944. The molecule has 0 aliphatic rings. The minimum atomic E-state index is -1.07. The van der Waals surface area contributed by atoms with Crippen LogP contribution in [0.1, 0.15) is 38.4 Å². The van der Waals surface area contributed by atoms with Gasteiger partial charge in [0.2, 0.25) is 13.7 Å². The molecule has 182 valence electrons. The van der Waals surface area contributed by atoms with Crippen LogP contribution in [0.3, 0.4) is 0 Å². The number of H-pyrrole nitrogens is 1. The highest BCUT2D eigenvalue weighted by atomic mass is 19.1. The molecule has 0 fully saturated rings. The van der Waals surface area contributed by atoms with E-state index in [1.807, 2.05) is 31.3 Å². The van der Waals surface area contributed by atoms with Crippen molar-refractivity contribution in [1.82, 2.24) is 20.8 Å². The van der Waals surface area contributed by atoms with E-state index in [-0.39, 0.29) is 30.3 Å². The molecule has 8 nitrogen and oxygen atoms in total. The summed E-state index contributed by atoms with van der Waals surface area (Å²) in [5, 5.41) is 13.0. The number of halogens is 2. The molecule has 1 heterocycles. The number of alkyl halides is 2. The summed E-state index contributed by atoms with van der Waals surface area (Å²) < 4.78 is 40.8. The van der Waals surface area contributed by atoms with Crippen LogP contribution in [-0.4, -0.2) is 44.0 Å². The van der Waals surface area contributed by atoms with Crippen molar-refractivity contribution in [2.45, 2.75) is 26.1 Å². The molecule has 0 saturated heterocycles. The molecule has 2 aromatic carbocycles. The maximum atomic E-state index is 13.1. The molecule has 0 radical (unpaired) electrons. The van der Waals surface area contributed by atoms with Gasteiger partial charge in [-0.1, -0.05) is 30.3 Å². The Kier molecular flexibility index (Phi) is 9.36. The zero-order chi connectivity index (χ0) is 24.3. The second-order valence-corrected chi connectivity index (χ2v) is 7.36. The van der Waals surface area contributed by atoms with Gasteiger partial charge in [-0.25, -0.2) is 8.78 Å². The van der Waals surface area contributed by atoms with Crippen molar-refractivity contribution >= 4 is 5.91 Å². The molecule has 0 spiro atoms. The maximum absolute atomic E-state index is 13.1. The summed E-state index contributed by atoms with van der Waals surface area (Å²) in [7, 11) is 3.43. The molecule has 3 rings (SSSR count). The van der Waals surface area contributed by atoms with Gasteiger partial charge in [0, 0.05) is 25.6 Å². The molecule has 10 heteroatoms. The summed E-state index contributed by atoms with van der Waals surface area (Å²) >= 11 is 0. The van der Waals surface area contributed by atoms with Crippen LogP contribution in [-0.2, 0) is 30.9 Å². The molecular weight excluding hydrogens is 446 g/mol. The Morgan fingerprint density at radius 3 is 2.26 bits per heavy atom. The SMILES string of the molecule is CNCc1ccccc1Cc1c(C(=O)NCc2c(OCF)cccc2OCF)n[nH]c1COC. The zero-order valence-electron chi connectivity index (χ0n) is 19.1. The number of ether oxygens (including phenoxy) is 3. The number of methoxy groups -OCH3 is 1. The lowest BCUT2D eigenvalue weighted by Crippen LogP contribution is -2.25. The third-order valence-electron chi connectivity index (χ3n) is 5.25. The van der Waals surface area contributed by atoms with Crippen molar-refractivity contribution in [2.24, 2.45) is 0 Å². The molecule has 0 aliphatic heterocycles. The molecular formula is C24H28F2N4O4. The van der Waals surface area contributed by atoms with Crippen LogP contribution < -0.4 is 20.1 Å². The molecule has 3 aromatic rings. The zero-order valence-corrected chi connectivity index (χ0v) is 19.1. The van der Waals surface area contributed by atoms with Crippen LogP contribution in [0.2, 0.25) is 0 Å². The first-order chi connectivity index (χ1) is 16.6. The molecule has 0 bridgehead atoms. The third kappa shape index (κ3) is 6.09. The van der Waals surface area contributed by atoms with Gasteiger partial charge in [0.15, 0.2) is 5.69 Å². The summed E-state index contributed by atoms with van der Waals surface area (Å²) in [6, 6.07) is 12.5. The van der Waals surface area contributed by atoms with E-state index in [2.05, 4.69) is 20.8 Å². The van der Waals surface area contributed by atoms with Crippen LogP contribution in [0.4, 0.5) is 8.78 Å². The van der Waals surface area contributed by atoms with E-state index in [9.17, 15) is 13.6 Å². The van der Waals surface area contributed by atoms with Crippen molar-refractivity contribution in [3.8, 4) is 11.5 Å². The summed E-state index contributed by atoms with van der Waals surface area (Å²) in [6.07, 6.45) is 0.466. The highest BCUT2D eigenvalue weighted by molar-refractivity contribution is 5.94. The summed E-state index contributed by atoms with van der Waals surface area (Å²) in [6.45, 7) is -1.29. The number of nitrogens with zero attached hydrogens (tertiary/aromatic N) is 1. The first-order valence-corrected chi connectivity index (χ1v) is 10.7. The Morgan fingerprint density at radius 1 is 0.971 bits per heavy atom. The fraction of sp³-hybridized carbons (Fsp3) is 0.333. The largest absolute Gasteiger partial charge is 0.462 e. The molecule has 0 unspecified atom stereocenters. The number of hydrogen-bond donors (Lipinski definition) is 3. The van der Waals surface area contributed by atoms with Crippen molar-refractivity contribution < 1.29 is 27.8 Å². The van der Waals surface area contributed by atoms with Gasteiger partial charge in [-0.2, -0.15) is 5.10 Å². The van der Waals surface area contributed by atoms with Crippen molar-refractivity contribution in [2.75, 3.05) is 27.9 Å². The Labute approximate surface area is 196 Å². The Morgan fingerprint density at radius 2 is 1.65 bits per heavy atom. The Bertz CT molecular complexity index is 1070. The number of rotatable bonds is 13. The standard InChI is InChI=1S/C24H28F2N4O4/c1-27-11-17-7-4-3-6-16(17)10-18-20(13-32-2)29-30-23(18)24(31)28-12-19-21(33-14-25)8-5-9-22(19)34-15-26/h3-9,27H,10-15H2,1-2H3,(H,28,31)(H,29,30). The minimum Gasteiger partial charge on any atom is -0.462 e. The van der Waals surface area contributed by atoms with Gasteiger partial charge >= 0.3 is 0 Å². The number of nitrogens with one attached hydrogen (secondary N) is 3. The van der Waals surface area contributed by atoms with Gasteiger partial charge in [0.1, 0.15) is 11.5 Å². The van der Waals surface area contributed by atoms with E-state index >= 15 is 0 Å². The lowest BCUT2D eigenvalue weighted by atomic mass is 9.98. The highest BCUT2D eigenvalue weighted by Crippen LogP contribution is 2.29. The first kappa shape index (κ1) is 25.1. The molecule has 1 aromatic heterocycles. The van der Waals surface area contributed by atoms with E-state index in [4.69, 9.17) is 14.2 Å². The van der Waals surface area contributed by atoms with Gasteiger partial charge in [-0.05, 0) is 30.3 Å². The summed E-state index contributed by atoms with van der Waals surface area (Å²) in [4.78, 5) is 13.1. The molecule has 3 N–H and O–H groups in total. The predicted octanol–water partition coefficient (Wildman–Crippen LogP) is 3.41. The second-order valence-electron chi connectivity index (χ2n) is 7.36. The molecule has 34 heavy (non-hydrogen) atoms. The number of benzene rings is 2. The monoisotopic (exact) mass is 474 g/mol. The Balaban J connectivity index is 1.87. The van der Waals surface area contributed by atoms with Gasteiger partial charge in [0.05, 0.1) is 24.4 Å². The minimum absolute atomic E-state index is 0.0768. The van der Waals surface area contributed by atoms with Crippen LogP contribution >= 0.6 is 0 Å². The fourth-order valence-electron chi connectivity index (χ4n) is 3.69. The number of aromatic amines is 1. The van der Waals surface area contributed by atoms with Gasteiger partial charge in [-0.15, -0.1) is 0 Å². The van der Waals surface area contributed by atoms with Crippen LogP contribution in [0.25, 0.3) is 0 Å². The number of aromatic nitrogens is 2. The maximum Gasteiger partial charge on any atom is 0.272 e. The number of carbonyl (C=O) groups excluding carboxylic acids is 1. The van der Waals surface area contributed by atoms with Crippen molar-refractivity contribution in [1.29, 1.82) is 0 Å².